The van der Waals surface area contributed by atoms with Gasteiger partial charge in [-0.15, -0.1) is 0 Å². The van der Waals surface area contributed by atoms with Crippen LogP contribution in [0.25, 0.3) is 0 Å². The Balaban J connectivity index is 4.17. The molecule has 3 N–H and O–H groups in total. The SMILES string of the molecule is CC/C=C\C/C=C\C/C=C\C/C=C\C/C=C\C/C=C\C/C=C\C/C=C\C/C=C\CCCCCCCCCCCCCC(=O)NC(COP(=O)(O)OCC[N+](C)(C)C)C(O)/C=C/CC/C=C/CC/C=C/CCCCCCCCCCCC. The second-order valence-electron chi connectivity index (χ2n) is 22.7. The van der Waals surface area contributed by atoms with Crippen molar-refractivity contribution in [2.45, 2.75) is 264 Å². The molecule has 0 aliphatic heterocycles. The summed E-state index contributed by atoms with van der Waals surface area (Å²) in [4.78, 5) is 23.4. The van der Waals surface area contributed by atoms with Crippen LogP contribution in [0.15, 0.2) is 146 Å². The fraction of sp³-hybridized carbons (Fsp3) is 0.653. The third-order valence-electron chi connectivity index (χ3n) is 13.8. The Morgan fingerprint density at radius 3 is 1.14 bits per heavy atom. The number of rotatable bonds is 58. The Kier molecular flexibility index (Phi) is 58.2. The summed E-state index contributed by atoms with van der Waals surface area (Å²) >= 11 is 0. The van der Waals surface area contributed by atoms with Gasteiger partial charge in [0.15, 0.2) is 0 Å². The highest BCUT2D eigenvalue weighted by atomic mass is 31.2. The van der Waals surface area contributed by atoms with Gasteiger partial charge in [0.25, 0.3) is 0 Å². The first-order valence-electron chi connectivity index (χ1n) is 32.7. The summed E-state index contributed by atoms with van der Waals surface area (Å²) in [5, 5.41) is 13.9. The number of likely N-dealkylation sites (N-methyl/N-ethyl adjacent to an activating group) is 1. The van der Waals surface area contributed by atoms with E-state index in [2.05, 4.69) is 153 Å². The van der Waals surface area contributed by atoms with Gasteiger partial charge in [0, 0.05) is 6.42 Å². The van der Waals surface area contributed by atoms with E-state index < -0.39 is 20.0 Å². The Labute approximate surface area is 499 Å². The monoisotopic (exact) mass is 1140 g/mol. The van der Waals surface area contributed by atoms with Gasteiger partial charge in [-0.1, -0.05) is 275 Å². The molecule has 0 saturated heterocycles. The van der Waals surface area contributed by atoms with E-state index >= 15 is 0 Å². The lowest BCUT2D eigenvalue weighted by Gasteiger charge is -2.25. The highest BCUT2D eigenvalue weighted by Gasteiger charge is 2.27. The Morgan fingerprint density at radius 1 is 0.432 bits per heavy atom. The van der Waals surface area contributed by atoms with Crippen molar-refractivity contribution >= 4 is 13.7 Å². The van der Waals surface area contributed by atoms with Crippen LogP contribution in [-0.4, -0.2) is 73.4 Å². The van der Waals surface area contributed by atoms with Gasteiger partial charge in [-0.2, -0.15) is 0 Å². The minimum absolute atomic E-state index is 0.0464. The maximum absolute atomic E-state index is 13.0. The number of aliphatic hydroxyl groups excluding tert-OH is 1. The molecule has 81 heavy (non-hydrogen) atoms. The molecule has 0 aromatic carbocycles. The summed E-state index contributed by atoms with van der Waals surface area (Å²) in [7, 11) is 1.53. The Hall–Kier alpha value is -3.62. The van der Waals surface area contributed by atoms with Crippen LogP contribution in [0.1, 0.15) is 251 Å². The van der Waals surface area contributed by atoms with Crippen molar-refractivity contribution in [1.82, 2.24) is 5.32 Å². The molecule has 0 bridgehead atoms. The van der Waals surface area contributed by atoms with E-state index in [4.69, 9.17) is 9.05 Å². The third-order valence-corrected chi connectivity index (χ3v) is 14.8. The van der Waals surface area contributed by atoms with Crippen molar-refractivity contribution in [1.29, 1.82) is 0 Å². The van der Waals surface area contributed by atoms with Gasteiger partial charge in [0.2, 0.25) is 5.91 Å². The fourth-order valence-electron chi connectivity index (χ4n) is 8.71. The summed E-state index contributed by atoms with van der Waals surface area (Å²) in [5.41, 5.74) is 0. The van der Waals surface area contributed by atoms with Crippen molar-refractivity contribution in [2.75, 3.05) is 40.9 Å². The number of aliphatic hydroxyl groups is 1. The van der Waals surface area contributed by atoms with Crippen LogP contribution in [0.4, 0.5) is 0 Å². The van der Waals surface area contributed by atoms with Gasteiger partial charge in [0.05, 0.1) is 39.9 Å². The summed E-state index contributed by atoms with van der Waals surface area (Å²) in [6, 6.07) is -0.882. The first-order valence-corrected chi connectivity index (χ1v) is 34.2. The minimum Gasteiger partial charge on any atom is -0.387 e. The van der Waals surface area contributed by atoms with Crippen molar-refractivity contribution < 1.29 is 32.9 Å². The predicted octanol–water partition coefficient (Wildman–Crippen LogP) is 20.8. The zero-order valence-electron chi connectivity index (χ0n) is 52.7. The standard InChI is InChI=1S/C72H123N2O6P/c1-6-8-10-12-14-16-18-20-22-24-26-28-29-30-31-32-33-34-35-36-37-38-39-40-41-42-43-44-45-46-48-50-52-54-56-58-60-62-64-66-72(76)73-70(69-80-81(77,78)79-68-67-74(3,4)5)71(75)65-63-61-59-57-55-53-51-49-47-27-25-23-21-19-17-15-13-11-9-7-2/h8,10,14,16,20,22,26,28,30-31,33-34,36-37,39-40,42-43,47,49,55,57,63,65,70-71,75H,6-7,9,11-13,15,17-19,21,23-25,27,29,32,35,38,41,44-46,48,50-54,56,58-62,64,66-69H2,1-5H3,(H-,73,76,77,78)/p+1/b10-8-,16-14-,22-20-,28-26-,31-30-,34-33-,37-36-,40-39-,43-42-,49-47+,57-55+,65-63+. The van der Waals surface area contributed by atoms with Crippen molar-refractivity contribution in [3.8, 4) is 0 Å². The zero-order chi connectivity index (χ0) is 59.1. The zero-order valence-corrected chi connectivity index (χ0v) is 53.6. The molecule has 3 unspecified atom stereocenters. The molecule has 8 nitrogen and oxygen atoms in total. The van der Waals surface area contributed by atoms with Crippen molar-refractivity contribution in [3.63, 3.8) is 0 Å². The maximum Gasteiger partial charge on any atom is 0.472 e. The number of hydrogen-bond acceptors (Lipinski definition) is 5. The molecule has 1 amide bonds. The number of carbonyl (C=O) groups is 1. The van der Waals surface area contributed by atoms with Gasteiger partial charge >= 0.3 is 7.82 Å². The Morgan fingerprint density at radius 2 is 0.753 bits per heavy atom. The van der Waals surface area contributed by atoms with E-state index in [1.54, 1.807) is 6.08 Å². The normalized spacial score (nSPS) is 14.7. The molecule has 0 fully saturated rings. The molecule has 0 aliphatic rings. The van der Waals surface area contributed by atoms with Crippen molar-refractivity contribution in [2.24, 2.45) is 0 Å². The molecule has 0 saturated carbocycles. The van der Waals surface area contributed by atoms with E-state index in [0.717, 1.165) is 109 Å². The largest absolute Gasteiger partial charge is 0.472 e. The predicted molar refractivity (Wildman–Crippen MR) is 354 cm³/mol. The van der Waals surface area contributed by atoms with E-state index in [9.17, 15) is 19.4 Å². The van der Waals surface area contributed by atoms with Crippen LogP contribution in [0.3, 0.4) is 0 Å². The number of nitrogens with one attached hydrogen (secondary N) is 1. The van der Waals surface area contributed by atoms with E-state index in [-0.39, 0.29) is 19.1 Å². The molecule has 0 aromatic rings. The van der Waals surface area contributed by atoms with E-state index in [1.165, 1.54) is 122 Å². The number of allylic oxidation sites excluding steroid dienone is 23. The molecule has 3 atom stereocenters. The average Bonchev–Trinajstić information content (AvgIpc) is 3.43. The lowest BCUT2D eigenvalue weighted by atomic mass is 10.0. The molecule has 0 spiro atoms. The first kappa shape index (κ1) is 77.4. The first-order chi connectivity index (χ1) is 39.5. The molecule has 0 aliphatic carbocycles. The van der Waals surface area contributed by atoms with Crippen LogP contribution in [0.2, 0.25) is 0 Å². The summed E-state index contributed by atoms with van der Waals surface area (Å²) in [6.07, 6.45) is 94.0. The van der Waals surface area contributed by atoms with Crippen molar-refractivity contribution in [3.05, 3.63) is 146 Å². The van der Waals surface area contributed by atoms with Gasteiger partial charge in [0.1, 0.15) is 13.2 Å². The molecule has 0 radical (unpaired) electrons. The second kappa shape index (κ2) is 61.0. The van der Waals surface area contributed by atoms with Gasteiger partial charge in [-0.25, -0.2) is 4.57 Å². The van der Waals surface area contributed by atoms with Crippen LogP contribution in [0, 0.1) is 0 Å². The second-order valence-corrected chi connectivity index (χ2v) is 24.2. The molecule has 0 aromatic heterocycles. The van der Waals surface area contributed by atoms with Crippen LogP contribution < -0.4 is 5.32 Å². The number of carbonyl (C=O) groups excluding carboxylic acids is 1. The molecular formula is C72H124N2O6P+. The minimum atomic E-state index is -4.37. The summed E-state index contributed by atoms with van der Waals surface area (Å²) in [5.74, 6) is -0.199. The number of quaternary nitrogens is 1. The smallest absolute Gasteiger partial charge is 0.387 e. The fourth-order valence-corrected chi connectivity index (χ4v) is 9.45. The van der Waals surface area contributed by atoms with Gasteiger partial charge in [-0.05, 0) is 116 Å². The third kappa shape index (κ3) is 63.8. The summed E-state index contributed by atoms with van der Waals surface area (Å²) < 4.78 is 23.7. The lowest BCUT2D eigenvalue weighted by molar-refractivity contribution is -0.870. The maximum atomic E-state index is 13.0. The number of phosphoric acid groups is 1. The van der Waals surface area contributed by atoms with Crippen LogP contribution in [-0.2, 0) is 18.4 Å². The molecular weight excluding hydrogens is 1020 g/mol. The summed E-state index contributed by atoms with van der Waals surface area (Å²) in [6.45, 7) is 4.66. The van der Waals surface area contributed by atoms with Gasteiger partial charge < -0.3 is 19.8 Å². The highest BCUT2D eigenvalue weighted by molar-refractivity contribution is 7.47. The van der Waals surface area contributed by atoms with Gasteiger partial charge in [-0.3, -0.25) is 13.8 Å². The highest BCUT2D eigenvalue weighted by Crippen LogP contribution is 2.43. The number of phosphoric ester groups is 1. The quantitative estimate of drug-likeness (QED) is 0.0243. The van der Waals surface area contributed by atoms with Crippen LogP contribution in [0.5, 0.6) is 0 Å². The average molecular weight is 1140 g/mol. The molecule has 462 valence electrons. The number of unbranched alkanes of at least 4 members (excludes halogenated alkanes) is 23. The molecule has 0 heterocycles. The number of nitrogens with zero attached hydrogens (tertiary/aromatic N) is 1. The topological polar surface area (TPSA) is 105 Å². The molecule has 9 heteroatoms. The van der Waals surface area contributed by atoms with E-state index in [1.807, 2.05) is 27.2 Å². The lowest BCUT2D eigenvalue weighted by Crippen LogP contribution is -2.45. The number of hydrogen-bond donors (Lipinski definition) is 3. The number of amides is 1. The Bertz CT molecular complexity index is 1830. The van der Waals surface area contributed by atoms with Crippen LogP contribution >= 0.6 is 7.82 Å². The molecule has 0 rings (SSSR count). The van der Waals surface area contributed by atoms with E-state index in [0.29, 0.717) is 17.4 Å².